The number of hydrogen-bond donors (Lipinski definition) is 0. The summed E-state index contributed by atoms with van der Waals surface area (Å²) in [6.45, 7) is 4.57. The zero-order chi connectivity index (χ0) is 12.4. The summed E-state index contributed by atoms with van der Waals surface area (Å²) in [6.07, 6.45) is 3.80. The number of nitrogens with zero attached hydrogens (tertiary/aromatic N) is 2. The van der Waals surface area contributed by atoms with Crippen molar-refractivity contribution in [3.05, 3.63) is 34.6 Å². The first-order valence-corrected chi connectivity index (χ1v) is 8.28. The predicted octanol–water partition coefficient (Wildman–Crippen LogP) is 1.54. The minimum absolute atomic E-state index is 0.207. The molecule has 2 heterocycles. The first kappa shape index (κ1) is 12.2. The van der Waals surface area contributed by atoms with Crippen LogP contribution in [0.1, 0.15) is 19.3 Å². The number of aryl methyl sites for hydroxylation is 1. The van der Waals surface area contributed by atoms with Crippen LogP contribution in [0.3, 0.4) is 0 Å². The van der Waals surface area contributed by atoms with Crippen LogP contribution in [0, 0.1) is 0 Å². The zero-order valence-electron chi connectivity index (χ0n) is 10.5. The molecule has 0 radical (unpaired) electrons. The van der Waals surface area contributed by atoms with Gasteiger partial charge in [-0.1, -0.05) is 0 Å². The van der Waals surface area contributed by atoms with Crippen molar-refractivity contribution in [3.63, 3.8) is 0 Å². The fourth-order valence-corrected chi connectivity index (χ4v) is 4.77. The first-order valence-electron chi connectivity index (χ1n) is 6.66. The molecular formula is C14H18N2OSe. The fourth-order valence-electron chi connectivity index (χ4n) is 2.61. The van der Waals surface area contributed by atoms with Gasteiger partial charge in [-0.3, -0.25) is 0 Å². The molecule has 1 aliphatic heterocycles. The van der Waals surface area contributed by atoms with Crippen molar-refractivity contribution in [1.82, 2.24) is 8.46 Å². The molecule has 0 bridgehead atoms. The van der Waals surface area contributed by atoms with Gasteiger partial charge in [0.05, 0.1) is 0 Å². The molecule has 0 aliphatic carbocycles. The molecule has 3 rings (SSSR count). The van der Waals surface area contributed by atoms with E-state index in [9.17, 15) is 4.79 Å². The van der Waals surface area contributed by atoms with Gasteiger partial charge in [-0.15, -0.1) is 0 Å². The maximum atomic E-state index is 12.2. The average molecular weight is 309 g/mol. The monoisotopic (exact) mass is 310 g/mol. The van der Waals surface area contributed by atoms with Crippen LogP contribution in [0.15, 0.2) is 29.1 Å². The molecule has 96 valence electrons. The number of aromatic nitrogens is 1. The van der Waals surface area contributed by atoms with Gasteiger partial charge >= 0.3 is 113 Å². The van der Waals surface area contributed by atoms with Gasteiger partial charge in [0.2, 0.25) is 0 Å². The molecule has 18 heavy (non-hydrogen) atoms. The van der Waals surface area contributed by atoms with Crippen molar-refractivity contribution in [3.8, 4) is 0 Å². The Morgan fingerprint density at radius 2 is 1.89 bits per heavy atom. The van der Waals surface area contributed by atoms with Crippen molar-refractivity contribution in [2.75, 3.05) is 19.6 Å². The van der Waals surface area contributed by atoms with Crippen LogP contribution in [0.2, 0.25) is 0 Å². The number of benzene rings is 1. The summed E-state index contributed by atoms with van der Waals surface area (Å²) in [5.41, 5.74) is 0.243. The number of likely N-dealkylation sites (tertiary alicyclic amines) is 1. The van der Waals surface area contributed by atoms with Crippen molar-refractivity contribution in [1.29, 1.82) is 0 Å². The Morgan fingerprint density at radius 1 is 1.11 bits per heavy atom. The molecule has 0 N–H and O–H groups in total. The Kier molecular flexibility index (Phi) is 3.69. The summed E-state index contributed by atoms with van der Waals surface area (Å²) in [5.74, 6) is 0. The van der Waals surface area contributed by atoms with Crippen LogP contribution in [-0.2, 0) is 6.54 Å². The van der Waals surface area contributed by atoms with Crippen LogP contribution in [0.5, 0.6) is 0 Å². The standard InChI is InChI=1S/C14H18N2OSe/c17-14-12-6-1-2-7-13(12)18-16(14)11-5-10-15-8-3-4-9-15/h1-2,6-7H,3-5,8-11H2. The van der Waals surface area contributed by atoms with E-state index in [-0.39, 0.29) is 20.3 Å². The Hall–Kier alpha value is -0.831. The molecule has 3 nitrogen and oxygen atoms in total. The summed E-state index contributed by atoms with van der Waals surface area (Å²) in [4.78, 5) is 14.7. The summed E-state index contributed by atoms with van der Waals surface area (Å²) < 4.78 is 3.30. The molecule has 1 fully saturated rings. The van der Waals surface area contributed by atoms with Gasteiger partial charge in [0.25, 0.3) is 0 Å². The summed E-state index contributed by atoms with van der Waals surface area (Å²) in [6, 6.07) is 8.04. The summed E-state index contributed by atoms with van der Waals surface area (Å²) >= 11 is 0.207. The number of hydrogen-bond acceptors (Lipinski definition) is 2. The van der Waals surface area contributed by atoms with Crippen molar-refractivity contribution in [2.45, 2.75) is 25.8 Å². The third-order valence-electron chi connectivity index (χ3n) is 3.59. The minimum atomic E-state index is 0.207. The second-order valence-electron chi connectivity index (χ2n) is 4.90. The van der Waals surface area contributed by atoms with E-state index in [0.717, 1.165) is 24.9 Å². The molecule has 0 atom stereocenters. The van der Waals surface area contributed by atoms with E-state index in [1.807, 2.05) is 21.8 Å². The number of rotatable bonds is 4. The van der Waals surface area contributed by atoms with E-state index in [2.05, 4.69) is 11.0 Å². The van der Waals surface area contributed by atoms with Gasteiger partial charge in [-0.2, -0.15) is 0 Å². The van der Waals surface area contributed by atoms with Gasteiger partial charge in [0, 0.05) is 0 Å². The van der Waals surface area contributed by atoms with E-state index in [4.69, 9.17) is 0 Å². The second kappa shape index (κ2) is 5.43. The Balaban J connectivity index is 1.67. The summed E-state index contributed by atoms with van der Waals surface area (Å²) in [7, 11) is 0. The molecule has 0 saturated carbocycles. The van der Waals surface area contributed by atoms with Crippen LogP contribution >= 0.6 is 0 Å². The molecule has 1 aromatic heterocycles. The third kappa shape index (κ3) is 2.46. The SMILES string of the molecule is O=c1c2ccccc2[se]n1CCCN1CCCC1. The molecule has 0 spiro atoms. The number of fused-ring (bicyclic) bond motifs is 1. The molecule has 4 heteroatoms. The fraction of sp³-hybridized carbons (Fsp3) is 0.500. The van der Waals surface area contributed by atoms with E-state index in [1.54, 1.807) is 0 Å². The molecule has 0 unspecified atom stereocenters. The molecule has 1 saturated heterocycles. The third-order valence-corrected chi connectivity index (χ3v) is 5.94. The Labute approximate surface area is 113 Å². The molecular weight excluding hydrogens is 291 g/mol. The Morgan fingerprint density at radius 3 is 2.67 bits per heavy atom. The van der Waals surface area contributed by atoms with Crippen LogP contribution in [-0.4, -0.2) is 42.8 Å². The van der Waals surface area contributed by atoms with E-state index in [0.29, 0.717) is 0 Å². The van der Waals surface area contributed by atoms with Crippen LogP contribution < -0.4 is 5.56 Å². The normalized spacial score (nSPS) is 16.7. The Bertz CT molecular complexity index is 581. The quantitative estimate of drug-likeness (QED) is 0.801. The summed E-state index contributed by atoms with van der Waals surface area (Å²) in [5, 5.41) is 0.929. The van der Waals surface area contributed by atoms with Gasteiger partial charge in [0.15, 0.2) is 0 Å². The van der Waals surface area contributed by atoms with Crippen molar-refractivity contribution < 1.29 is 0 Å². The van der Waals surface area contributed by atoms with Gasteiger partial charge in [0.1, 0.15) is 0 Å². The molecule has 2 aromatic rings. The van der Waals surface area contributed by atoms with Crippen LogP contribution in [0.4, 0.5) is 0 Å². The van der Waals surface area contributed by atoms with Gasteiger partial charge < -0.3 is 0 Å². The predicted molar refractivity (Wildman–Crippen MR) is 75.4 cm³/mol. The average Bonchev–Trinajstić information content (AvgIpc) is 3.00. The van der Waals surface area contributed by atoms with Crippen LogP contribution in [0.25, 0.3) is 9.65 Å². The van der Waals surface area contributed by atoms with E-state index in [1.165, 1.54) is 30.2 Å². The topological polar surface area (TPSA) is 25.2 Å². The van der Waals surface area contributed by atoms with Gasteiger partial charge in [-0.25, -0.2) is 0 Å². The zero-order valence-corrected chi connectivity index (χ0v) is 12.2. The second-order valence-corrected chi connectivity index (χ2v) is 7.13. The van der Waals surface area contributed by atoms with Gasteiger partial charge in [-0.05, 0) is 0 Å². The van der Waals surface area contributed by atoms with Crippen molar-refractivity contribution in [2.24, 2.45) is 0 Å². The molecule has 1 aliphatic rings. The van der Waals surface area contributed by atoms with E-state index < -0.39 is 0 Å². The maximum absolute atomic E-state index is 12.2. The van der Waals surface area contributed by atoms with E-state index >= 15 is 0 Å². The molecule has 0 amide bonds. The first-order chi connectivity index (χ1) is 8.84. The van der Waals surface area contributed by atoms with Crippen molar-refractivity contribution >= 4 is 24.4 Å². The molecule has 1 aromatic carbocycles.